The highest BCUT2D eigenvalue weighted by Crippen LogP contribution is 2.40. The van der Waals surface area contributed by atoms with Crippen molar-refractivity contribution in [1.82, 2.24) is 9.78 Å². The number of hydrogen-bond donors (Lipinski definition) is 2. The molecule has 1 aliphatic rings. The van der Waals surface area contributed by atoms with Crippen molar-refractivity contribution < 1.29 is 4.79 Å². The summed E-state index contributed by atoms with van der Waals surface area (Å²) in [6.45, 7) is 8.10. The lowest BCUT2D eigenvalue weighted by atomic mass is 10.0. The first-order valence-corrected chi connectivity index (χ1v) is 7.22. The normalized spacial score (nSPS) is 19.9. The highest BCUT2D eigenvalue weighted by Gasteiger charge is 2.31. The smallest absolute Gasteiger partial charge is 0.270 e. The van der Waals surface area contributed by atoms with Crippen molar-refractivity contribution in [2.45, 2.75) is 39.0 Å². The van der Waals surface area contributed by atoms with Gasteiger partial charge in [0.05, 0.1) is 11.3 Å². The number of aromatic nitrogens is 2. The van der Waals surface area contributed by atoms with Gasteiger partial charge in [-0.2, -0.15) is 0 Å². The molecule has 18 heavy (non-hydrogen) atoms. The van der Waals surface area contributed by atoms with Crippen molar-refractivity contribution in [2.75, 3.05) is 11.1 Å². The van der Waals surface area contributed by atoms with Crippen molar-refractivity contribution in [3.63, 3.8) is 0 Å². The van der Waals surface area contributed by atoms with Gasteiger partial charge in [-0.05, 0) is 19.8 Å². The Hall–Kier alpha value is -1.17. The lowest BCUT2D eigenvalue weighted by Gasteiger charge is -2.17. The second-order valence-corrected chi connectivity index (χ2v) is 6.32. The molecule has 5 nitrogen and oxygen atoms in total. The van der Waals surface area contributed by atoms with Crippen LogP contribution in [0.15, 0.2) is 4.79 Å². The third kappa shape index (κ3) is 2.21. The molecule has 0 radical (unpaired) electrons. The van der Waals surface area contributed by atoms with E-state index < -0.39 is 0 Å². The van der Waals surface area contributed by atoms with Crippen molar-refractivity contribution in [2.24, 2.45) is 5.92 Å². The fourth-order valence-corrected chi connectivity index (χ4v) is 3.36. The van der Waals surface area contributed by atoms with E-state index in [2.05, 4.69) is 24.3 Å². The fourth-order valence-electron chi connectivity index (χ4n) is 2.18. The minimum Gasteiger partial charge on any atom is -0.310 e. The summed E-state index contributed by atoms with van der Waals surface area (Å²) in [4.78, 5) is 23.9. The molecule has 0 fully saturated rings. The number of carbonyl (C=O) groups is 1. The molecule has 1 atom stereocenters. The average molecular weight is 269 g/mol. The van der Waals surface area contributed by atoms with Gasteiger partial charge in [-0.1, -0.05) is 13.8 Å². The van der Waals surface area contributed by atoms with Gasteiger partial charge in [0.1, 0.15) is 5.82 Å². The Labute approximate surface area is 110 Å². The summed E-state index contributed by atoms with van der Waals surface area (Å²) in [5.74, 6) is 1.31. The molecule has 2 rings (SSSR count). The van der Waals surface area contributed by atoms with Gasteiger partial charge in [-0.25, -0.2) is 0 Å². The maximum atomic E-state index is 12.1. The topological polar surface area (TPSA) is 66.9 Å². The lowest BCUT2D eigenvalue weighted by Crippen LogP contribution is -2.17. The first-order valence-electron chi connectivity index (χ1n) is 6.17. The summed E-state index contributed by atoms with van der Waals surface area (Å²) < 4.78 is 1.75. The van der Waals surface area contributed by atoms with Crippen LogP contribution in [0.1, 0.15) is 44.6 Å². The number of amides is 1. The van der Waals surface area contributed by atoms with Crippen molar-refractivity contribution in [3.8, 4) is 0 Å². The molecule has 1 aliphatic heterocycles. The van der Waals surface area contributed by atoms with E-state index in [0.717, 1.165) is 0 Å². The molecule has 2 N–H and O–H groups in total. The number of nitrogens with one attached hydrogen (secondary N) is 2. The Balaban J connectivity index is 2.60. The number of H-pyrrole nitrogens is 1. The molecule has 100 valence electrons. The monoisotopic (exact) mass is 269 g/mol. The van der Waals surface area contributed by atoms with Gasteiger partial charge in [-0.3, -0.25) is 19.4 Å². The van der Waals surface area contributed by atoms with Crippen molar-refractivity contribution in [1.29, 1.82) is 0 Å². The molecule has 2 heterocycles. The van der Waals surface area contributed by atoms with Crippen LogP contribution in [0, 0.1) is 5.92 Å². The van der Waals surface area contributed by atoms with E-state index in [0.29, 0.717) is 23.1 Å². The van der Waals surface area contributed by atoms with Crippen molar-refractivity contribution in [3.05, 3.63) is 15.9 Å². The summed E-state index contributed by atoms with van der Waals surface area (Å²) >= 11 is 1.54. The van der Waals surface area contributed by atoms with Gasteiger partial charge in [0.15, 0.2) is 0 Å². The van der Waals surface area contributed by atoms with E-state index in [1.807, 2.05) is 13.8 Å². The molecule has 0 spiro atoms. The van der Waals surface area contributed by atoms with Crippen LogP contribution >= 0.6 is 11.8 Å². The van der Waals surface area contributed by atoms with Crippen LogP contribution in [-0.2, 0) is 4.79 Å². The Morgan fingerprint density at radius 1 is 1.28 bits per heavy atom. The Morgan fingerprint density at radius 2 is 1.94 bits per heavy atom. The maximum Gasteiger partial charge on any atom is 0.270 e. The average Bonchev–Trinajstić information content (AvgIpc) is 2.48. The minimum atomic E-state index is -0.0906. The fraction of sp³-hybridized carbons (Fsp3) is 0.667. The molecule has 0 aromatic carbocycles. The number of nitrogens with zero attached hydrogens (tertiary/aromatic N) is 1. The van der Waals surface area contributed by atoms with Crippen LogP contribution in [0.25, 0.3) is 0 Å². The molecular formula is C12H19N3O2S. The van der Waals surface area contributed by atoms with Gasteiger partial charge in [0, 0.05) is 11.3 Å². The quantitative estimate of drug-likeness (QED) is 0.864. The summed E-state index contributed by atoms with van der Waals surface area (Å²) in [6.07, 6.45) is 0. The molecule has 0 saturated heterocycles. The predicted molar refractivity (Wildman–Crippen MR) is 74.1 cm³/mol. The number of fused-ring (bicyclic) bond motifs is 1. The number of anilines is 1. The van der Waals surface area contributed by atoms with Crippen LogP contribution in [0.3, 0.4) is 0 Å². The van der Waals surface area contributed by atoms with E-state index in [1.165, 1.54) is 11.8 Å². The minimum absolute atomic E-state index is 0.0437. The highest BCUT2D eigenvalue weighted by molar-refractivity contribution is 8.00. The first kappa shape index (κ1) is 13.3. The summed E-state index contributed by atoms with van der Waals surface area (Å²) in [7, 11) is 0. The third-order valence-electron chi connectivity index (χ3n) is 3.02. The summed E-state index contributed by atoms with van der Waals surface area (Å²) in [5, 5.41) is 5.73. The van der Waals surface area contributed by atoms with Gasteiger partial charge in [0.25, 0.3) is 5.56 Å². The van der Waals surface area contributed by atoms with E-state index in [1.54, 1.807) is 4.68 Å². The molecule has 0 saturated carbocycles. The van der Waals surface area contributed by atoms with Crippen LogP contribution in [0.4, 0.5) is 5.82 Å². The molecule has 1 unspecified atom stereocenters. The second kappa shape index (κ2) is 4.84. The lowest BCUT2D eigenvalue weighted by molar-refractivity contribution is -0.113. The molecule has 0 aliphatic carbocycles. The second-order valence-electron chi connectivity index (χ2n) is 5.19. The van der Waals surface area contributed by atoms with E-state index in [-0.39, 0.29) is 22.8 Å². The third-order valence-corrected chi connectivity index (χ3v) is 4.59. The van der Waals surface area contributed by atoms with Crippen LogP contribution in [-0.4, -0.2) is 21.4 Å². The molecule has 1 aromatic heterocycles. The summed E-state index contributed by atoms with van der Waals surface area (Å²) in [6, 6.07) is 0.109. The van der Waals surface area contributed by atoms with Crippen LogP contribution < -0.4 is 10.9 Å². The Bertz CT molecular complexity index is 516. The number of thioether (sulfide) groups is 1. The zero-order chi connectivity index (χ0) is 13.4. The number of carbonyl (C=O) groups excluding carboxylic acids is 1. The van der Waals surface area contributed by atoms with Gasteiger partial charge in [0.2, 0.25) is 5.91 Å². The molecule has 1 amide bonds. The molecule has 1 aromatic rings. The van der Waals surface area contributed by atoms with E-state index in [4.69, 9.17) is 0 Å². The van der Waals surface area contributed by atoms with E-state index in [9.17, 15) is 9.59 Å². The Kier molecular flexibility index (Phi) is 3.56. The number of rotatable bonds is 2. The largest absolute Gasteiger partial charge is 0.310 e. The van der Waals surface area contributed by atoms with Crippen molar-refractivity contribution >= 4 is 23.5 Å². The van der Waals surface area contributed by atoms with Gasteiger partial charge >= 0.3 is 0 Å². The number of aromatic amines is 1. The molecule has 0 bridgehead atoms. The summed E-state index contributed by atoms with van der Waals surface area (Å²) in [5.41, 5.74) is 0.613. The highest BCUT2D eigenvalue weighted by atomic mass is 32.2. The molecular weight excluding hydrogens is 250 g/mol. The SMILES string of the molecule is CC(C)C1SCC(=O)Nc2c1c(=O)[nH]n2C(C)C. The standard InChI is InChI=1S/C12H19N3O2S/c1-6(2)10-9-11(13-8(16)5-18-10)15(7(3)4)14-12(9)17/h6-7,10H,5H2,1-4H3,(H,13,16)(H,14,17). The number of hydrogen-bond acceptors (Lipinski definition) is 3. The maximum absolute atomic E-state index is 12.1. The van der Waals surface area contributed by atoms with E-state index >= 15 is 0 Å². The Morgan fingerprint density at radius 3 is 2.50 bits per heavy atom. The first-order chi connectivity index (χ1) is 8.41. The van der Waals surface area contributed by atoms with Gasteiger partial charge in [-0.15, -0.1) is 11.8 Å². The van der Waals surface area contributed by atoms with Gasteiger partial charge < -0.3 is 5.32 Å². The predicted octanol–water partition coefficient (Wildman–Crippen LogP) is 2.14. The molecule has 6 heteroatoms. The van der Waals surface area contributed by atoms with Crippen LogP contribution in [0.5, 0.6) is 0 Å². The zero-order valence-electron chi connectivity index (χ0n) is 11.1. The zero-order valence-corrected chi connectivity index (χ0v) is 11.9. The van der Waals surface area contributed by atoms with Crippen LogP contribution in [0.2, 0.25) is 0 Å².